The topological polar surface area (TPSA) is 38.5 Å². The van der Waals surface area contributed by atoms with Gasteiger partial charge in [0.05, 0.1) is 6.61 Å². The van der Waals surface area contributed by atoms with E-state index in [1.54, 1.807) is 18.4 Å². The average Bonchev–Trinajstić information content (AvgIpc) is 2.71. The summed E-state index contributed by atoms with van der Waals surface area (Å²) in [6.07, 6.45) is 0. The molecule has 2 unspecified atom stereocenters. The van der Waals surface area contributed by atoms with Crippen LogP contribution in [-0.2, 0) is 11.3 Å². The minimum absolute atomic E-state index is 0.375. The van der Waals surface area contributed by atoms with Crippen molar-refractivity contribution < 1.29 is 4.74 Å². The second-order valence-corrected chi connectivity index (χ2v) is 5.06. The molecule has 16 heavy (non-hydrogen) atoms. The molecule has 0 bridgehead atoms. The zero-order valence-corrected chi connectivity index (χ0v) is 11.2. The third-order valence-electron chi connectivity index (χ3n) is 2.91. The van der Waals surface area contributed by atoms with E-state index >= 15 is 0 Å². The maximum absolute atomic E-state index is 5.84. The fraction of sp³-hybridized carbons (Fsp3) is 0.667. The van der Waals surface area contributed by atoms with E-state index in [9.17, 15) is 0 Å². The van der Waals surface area contributed by atoms with Crippen LogP contribution >= 0.6 is 11.3 Å². The monoisotopic (exact) mass is 242 g/mol. The van der Waals surface area contributed by atoms with Crippen LogP contribution in [0, 0.1) is 5.92 Å². The Balaban J connectivity index is 2.51. The number of hydrogen-bond donors (Lipinski definition) is 1. The Morgan fingerprint density at radius 3 is 2.81 bits per heavy atom. The van der Waals surface area contributed by atoms with E-state index in [-0.39, 0.29) is 0 Å². The number of nitrogens with zero attached hydrogens (tertiary/aromatic N) is 1. The molecule has 0 aliphatic rings. The van der Waals surface area contributed by atoms with Crippen LogP contribution in [0.25, 0.3) is 0 Å². The fourth-order valence-electron chi connectivity index (χ4n) is 2.01. The van der Waals surface area contributed by atoms with Crippen molar-refractivity contribution in [3.05, 3.63) is 22.4 Å². The first kappa shape index (κ1) is 13.6. The Hall–Kier alpha value is -0.420. The Kier molecular flexibility index (Phi) is 5.98. The van der Waals surface area contributed by atoms with Gasteiger partial charge in [0, 0.05) is 26.2 Å². The number of thiophene rings is 1. The van der Waals surface area contributed by atoms with Crippen LogP contribution in [-0.4, -0.2) is 38.3 Å². The summed E-state index contributed by atoms with van der Waals surface area (Å²) >= 11 is 1.74. The maximum Gasteiger partial charge on any atom is 0.0503 e. The summed E-state index contributed by atoms with van der Waals surface area (Å²) in [6.45, 7) is 4.57. The number of rotatable bonds is 7. The van der Waals surface area contributed by atoms with Crippen molar-refractivity contribution in [2.75, 3.05) is 27.3 Å². The molecule has 0 aromatic carbocycles. The van der Waals surface area contributed by atoms with Crippen LogP contribution in [0.1, 0.15) is 12.5 Å². The molecule has 0 amide bonds. The van der Waals surface area contributed by atoms with E-state index in [1.807, 2.05) is 0 Å². The highest BCUT2D eigenvalue weighted by molar-refractivity contribution is 7.07. The molecule has 1 heterocycles. The Labute approximate surface area is 102 Å². The standard InChI is InChI=1S/C12H22N2OS/c1-10(8-15-3)12(6-13)14(2)7-11-4-5-16-9-11/h4-5,9-10,12H,6-8,13H2,1-3H3. The van der Waals surface area contributed by atoms with Gasteiger partial charge in [0.15, 0.2) is 0 Å². The van der Waals surface area contributed by atoms with Gasteiger partial charge in [0.25, 0.3) is 0 Å². The predicted molar refractivity (Wildman–Crippen MR) is 69.7 cm³/mol. The second-order valence-electron chi connectivity index (χ2n) is 4.28. The van der Waals surface area contributed by atoms with E-state index in [0.29, 0.717) is 18.5 Å². The number of ether oxygens (including phenoxy) is 1. The lowest BCUT2D eigenvalue weighted by atomic mass is 10.0. The molecule has 0 radical (unpaired) electrons. The third kappa shape index (κ3) is 3.87. The normalized spacial score (nSPS) is 15.3. The molecule has 0 saturated heterocycles. The fourth-order valence-corrected chi connectivity index (χ4v) is 2.67. The minimum atomic E-state index is 0.375. The first-order chi connectivity index (χ1) is 7.69. The predicted octanol–water partition coefficient (Wildman–Crippen LogP) is 1.79. The van der Waals surface area contributed by atoms with Gasteiger partial charge in [-0.3, -0.25) is 4.90 Å². The molecule has 1 aromatic heterocycles. The second kappa shape index (κ2) is 7.01. The lowest BCUT2D eigenvalue weighted by Gasteiger charge is -2.31. The largest absolute Gasteiger partial charge is 0.384 e. The van der Waals surface area contributed by atoms with E-state index < -0.39 is 0 Å². The van der Waals surface area contributed by atoms with Crippen LogP contribution < -0.4 is 5.73 Å². The summed E-state index contributed by atoms with van der Waals surface area (Å²) in [5, 5.41) is 4.30. The van der Waals surface area contributed by atoms with Crippen molar-refractivity contribution in [3.8, 4) is 0 Å². The maximum atomic E-state index is 5.84. The first-order valence-corrected chi connectivity index (χ1v) is 6.53. The van der Waals surface area contributed by atoms with Crippen molar-refractivity contribution in [2.24, 2.45) is 11.7 Å². The zero-order chi connectivity index (χ0) is 12.0. The summed E-state index contributed by atoms with van der Waals surface area (Å²) in [7, 11) is 3.87. The molecule has 0 spiro atoms. The Morgan fingerprint density at radius 1 is 1.56 bits per heavy atom. The summed E-state index contributed by atoms with van der Waals surface area (Å²) < 4.78 is 5.19. The number of methoxy groups -OCH3 is 1. The molecule has 2 atom stereocenters. The molecule has 1 rings (SSSR count). The van der Waals surface area contributed by atoms with Crippen LogP contribution in [0.3, 0.4) is 0 Å². The molecule has 2 N–H and O–H groups in total. The van der Waals surface area contributed by atoms with Gasteiger partial charge in [-0.2, -0.15) is 11.3 Å². The average molecular weight is 242 g/mol. The summed E-state index contributed by atoms with van der Waals surface area (Å²) in [5.41, 5.74) is 7.20. The van der Waals surface area contributed by atoms with E-state index in [0.717, 1.165) is 13.2 Å². The number of likely N-dealkylation sites (N-methyl/N-ethyl adjacent to an activating group) is 1. The van der Waals surface area contributed by atoms with E-state index in [4.69, 9.17) is 10.5 Å². The van der Waals surface area contributed by atoms with Crippen molar-refractivity contribution >= 4 is 11.3 Å². The van der Waals surface area contributed by atoms with Crippen LogP contribution in [0.15, 0.2) is 16.8 Å². The Bertz CT molecular complexity index is 277. The van der Waals surface area contributed by atoms with Gasteiger partial charge < -0.3 is 10.5 Å². The molecule has 0 aliphatic heterocycles. The van der Waals surface area contributed by atoms with E-state index in [1.165, 1.54) is 5.56 Å². The van der Waals surface area contributed by atoms with Gasteiger partial charge in [-0.1, -0.05) is 6.92 Å². The zero-order valence-electron chi connectivity index (χ0n) is 10.3. The molecule has 4 heteroatoms. The summed E-state index contributed by atoms with van der Waals surface area (Å²) in [5.74, 6) is 0.457. The number of hydrogen-bond acceptors (Lipinski definition) is 4. The van der Waals surface area contributed by atoms with Gasteiger partial charge in [-0.25, -0.2) is 0 Å². The van der Waals surface area contributed by atoms with Crippen LogP contribution in [0.4, 0.5) is 0 Å². The lowest BCUT2D eigenvalue weighted by Crippen LogP contribution is -2.43. The first-order valence-electron chi connectivity index (χ1n) is 5.59. The molecular weight excluding hydrogens is 220 g/mol. The molecule has 3 nitrogen and oxygen atoms in total. The van der Waals surface area contributed by atoms with Crippen LogP contribution in [0.5, 0.6) is 0 Å². The molecular formula is C12H22N2OS. The molecule has 0 aliphatic carbocycles. The smallest absolute Gasteiger partial charge is 0.0503 e. The van der Waals surface area contributed by atoms with Crippen molar-refractivity contribution in [1.29, 1.82) is 0 Å². The van der Waals surface area contributed by atoms with Gasteiger partial charge in [-0.05, 0) is 35.4 Å². The van der Waals surface area contributed by atoms with Gasteiger partial charge in [0.2, 0.25) is 0 Å². The number of nitrogens with two attached hydrogens (primary N) is 1. The van der Waals surface area contributed by atoms with Gasteiger partial charge in [0.1, 0.15) is 0 Å². The SMILES string of the molecule is COCC(C)C(CN)N(C)Cc1ccsc1. The van der Waals surface area contributed by atoms with Gasteiger partial charge >= 0.3 is 0 Å². The molecule has 92 valence electrons. The molecule has 1 aromatic rings. The van der Waals surface area contributed by atoms with Crippen molar-refractivity contribution in [1.82, 2.24) is 4.90 Å². The van der Waals surface area contributed by atoms with Gasteiger partial charge in [-0.15, -0.1) is 0 Å². The van der Waals surface area contributed by atoms with E-state index in [2.05, 4.69) is 35.7 Å². The summed E-state index contributed by atoms with van der Waals surface area (Å²) in [4.78, 5) is 2.31. The highest BCUT2D eigenvalue weighted by Gasteiger charge is 2.20. The summed E-state index contributed by atoms with van der Waals surface area (Å²) in [6, 6.07) is 2.54. The minimum Gasteiger partial charge on any atom is -0.384 e. The quantitative estimate of drug-likeness (QED) is 0.792. The molecule has 0 fully saturated rings. The third-order valence-corrected chi connectivity index (χ3v) is 3.64. The Morgan fingerprint density at radius 2 is 2.31 bits per heavy atom. The van der Waals surface area contributed by atoms with Crippen molar-refractivity contribution in [3.63, 3.8) is 0 Å². The lowest BCUT2D eigenvalue weighted by molar-refractivity contribution is 0.0953. The highest BCUT2D eigenvalue weighted by Crippen LogP contribution is 2.14. The highest BCUT2D eigenvalue weighted by atomic mass is 32.1. The molecule has 0 saturated carbocycles. The van der Waals surface area contributed by atoms with Crippen LogP contribution in [0.2, 0.25) is 0 Å². The van der Waals surface area contributed by atoms with Crippen molar-refractivity contribution in [2.45, 2.75) is 19.5 Å².